The highest BCUT2D eigenvalue weighted by Gasteiger charge is 2.09. The molecular weight excluding hydrogens is 279 g/mol. The van der Waals surface area contributed by atoms with Crippen LogP contribution in [0, 0.1) is 15.9 Å². The van der Waals surface area contributed by atoms with Crippen LogP contribution in [0.3, 0.4) is 0 Å². The fraction of sp³-hybridized carbons (Fsp3) is 0.0909. The maximum atomic E-state index is 12.8. The Morgan fingerprint density at radius 1 is 1.44 bits per heavy atom. The monoisotopic (exact) mass is 286 g/mol. The molecule has 0 saturated carbocycles. The summed E-state index contributed by atoms with van der Waals surface area (Å²) in [4.78, 5) is 10.1. The number of anilines is 1. The number of nitrogens with zero attached hydrogens (tertiary/aromatic N) is 1. The van der Waals surface area contributed by atoms with Crippen LogP contribution in [0.2, 0.25) is 5.02 Å². The first-order chi connectivity index (χ1) is 8.56. The number of benzene rings is 1. The third kappa shape index (κ3) is 2.96. The minimum atomic E-state index is -0.432. The lowest BCUT2D eigenvalue weighted by Gasteiger charge is -2.06. The van der Waals surface area contributed by atoms with Gasteiger partial charge in [-0.15, -0.1) is 0 Å². The Morgan fingerprint density at radius 3 is 2.83 bits per heavy atom. The first-order valence-corrected chi connectivity index (χ1v) is 6.23. The van der Waals surface area contributed by atoms with Gasteiger partial charge in [-0.1, -0.05) is 22.9 Å². The average molecular weight is 287 g/mol. The van der Waals surface area contributed by atoms with E-state index in [0.717, 1.165) is 16.9 Å². The first-order valence-electron chi connectivity index (χ1n) is 4.97. The van der Waals surface area contributed by atoms with Crippen LogP contribution in [-0.2, 0) is 6.54 Å². The third-order valence-electron chi connectivity index (χ3n) is 2.23. The van der Waals surface area contributed by atoms with Gasteiger partial charge < -0.3 is 5.32 Å². The maximum absolute atomic E-state index is 12.8. The van der Waals surface area contributed by atoms with Crippen molar-refractivity contribution in [3.8, 4) is 0 Å². The Hall–Kier alpha value is -1.66. The van der Waals surface area contributed by atoms with Gasteiger partial charge in [-0.05, 0) is 23.8 Å². The third-order valence-corrected chi connectivity index (χ3v) is 3.48. The summed E-state index contributed by atoms with van der Waals surface area (Å²) in [5.41, 5.74) is 1.37. The van der Waals surface area contributed by atoms with Crippen LogP contribution in [0.5, 0.6) is 0 Å². The van der Waals surface area contributed by atoms with Crippen LogP contribution >= 0.6 is 22.9 Å². The molecule has 4 nitrogen and oxygen atoms in total. The van der Waals surface area contributed by atoms with Crippen molar-refractivity contribution in [3.63, 3.8) is 0 Å². The molecule has 0 aliphatic carbocycles. The van der Waals surface area contributed by atoms with Gasteiger partial charge in [0.1, 0.15) is 5.82 Å². The van der Waals surface area contributed by atoms with Crippen molar-refractivity contribution >= 4 is 33.6 Å². The summed E-state index contributed by atoms with van der Waals surface area (Å²) in [5.74, 6) is -0.406. The highest BCUT2D eigenvalue weighted by Crippen LogP contribution is 2.26. The largest absolute Gasteiger partial charge is 0.380 e. The minimum Gasteiger partial charge on any atom is -0.380 e. The molecule has 2 aromatic rings. The van der Waals surface area contributed by atoms with Gasteiger partial charge >= 0.3 is 5.00 Å². The predicted octanol–water partition coefficient (Wildman–Crippen LogP) is 4.06. The molecule has 1 N–H and O–H groups in total. The molecule has 0 fully saturated rings. The summed E-state index contributed by atoms with van der Waals surface area (Å²) in [6, 6.07) is 5.53. The van der Waals surface area contributed by atoms with Crippen LogP contribution in [-0.4, -0.2) is 4.92 Å². The van der Waals surface area contributed by atoms with Crippen molar-refractivity contribution in [1.82, 2.24) is 0 Å². The molecule has 7 heteroatoms. The molecule has 0 spiro atoms. The lowest BCUT2D eigenvalue weighted by molar-refractivity contribution is -0.380. The van der Waals surface area contributed by atoms with Crippen LogP contribution < -0.4 is 5.32 Å². The average Bonchev–Trinajstić information content (AvgIpc) is 2.76. The van der Waals surface area contributed by atoms with Gasteiger partial charge in [0.15, 0.2) is 0 Å². The van der Waals surface area contributed by atoms with Crippen molar-refractivity contribution in [1.29, 1.82) is 0 Å². The Labute approximate surface area is 111 Å². The van der Waals surface area contributed by atoms with E-state index < -0.39 is 10.7 Å². The number of halogens is 2. The summed E-state index contributed by atoms with van der Waals surface area (Å²) in [6.45, 7) is 0.399. The van der Waals surface area contributed by atoms with E-state index in [1.165, 1.54) is 24.3 Å². The zero-order valence-electron chi connectivity index (χ0n) is 9.02. The molecule has 0 aliphatic heterocycles. The van der Waals surface area contributed by atoms with E-state index >= 15 is 0 Å². The van der Waals surface area contributed by atoms with Crippen molar-refractivity contribution < 1.29 is 9.31 Å². The summed E-state index contributed by atoms with van der Waals surface area (Å²) in [7, 11) is 0. The summed E-state index contributed by atoms with van der Waals surface area (Å²) in [6.07, 6.45) is 0. The van der Waals surface area contributed by atoms with E-state index in [1.807, 2.05) is 0 Å². The van der Waals surface area contributed by atoms with Crippen molar-refractivity contribution in [3.05, 3.63) is 56.2 Å². The topological polar surface area (TPSA) is 55.2 Å². The molecule has 1 heterocycles. The van der Waals surface area contributed by atoms with E-state index in [1.54, 1.807) is 5.38 Å². The zero-order chi connectivity index (χ0) is 13.1. The highest BCUT2D eigenvalue weighted by atomic mass is 35.5. The fourth-order valence-electron chi connectivity index (χ4n) is 1.38. The first kappa shape index (κ1) is 12.8. The molecule has 0 radical (unpaired) electrons. The van der Waals surface area contributed by atoms with Gasteiger partial charge in [-0.25, -0.2) is 4.39 Å². The van der Waals surface area contributed by atoms with Gasteiger partial charge in [0.05, 0.1) is 15.6 Å². The fourth-order valence-corrected chi connectivity index (χ4v) is 2.34. The SMILES string of the molecule is O=[N+]([O-])c1cc(CNc2ccc(F)cc2Cl)cs1. The molecule has 1 aromatic heterocycles. The molecule has 2 rings (SSSR count). The molecule has 0 unspecified atom stereocenters. The second-order valence-corrected chi connectivity index (χ2v) is 4.82. The van der Waals surface area contributed by atoms with Gasteiger partial charge in [-0.3, -0.25) is 10.1 Å². The van der Waals surface area contributed by atoms with Crippen molar-refractivity contribution in [2.75, 3.05) is 5.32 Å². The van der Waals surface area contributed by atoms with Crippen LogP contribution in [0.1, 0.15) is 5.56 Å². The normalized spacial score (nSPS) is 10.3. The molecular formula is C11H8ClFN2O2S. The number of hydrogen-bond donors (Lipinski definition) is 1. The Kier molecular flexibility index (Phi) is 3.78. The quantitative estimate of drug-likeness (QED) is 0.681. The van der Waals surface area contributed by atoms with E-state index in [9.17, 15) is 14.5 Å². The smallest absolute Gasteiger partial charge is 0.324 e. The van der Waals surface area contributed by atoms with Gasteiger partial charge in [0.25, 0.3) is 0 Å². The number of rotatable bonds is 4. The molecule has 0 amide bonds. The number of nitro groups is 1. The summed E-state index contributed by atoms with van der Waals surface area (Å²) >= 11 is 6.91. The van der Waals surface area contributed by atoms with Gasteiger partial charge in [0, 0.05) is 18.0 Å². The molecule has 0 atom stereocenters. The second kappa shape index (κ2) is 5.32. The Bertz CT molecular complexity index is 588. The van der Waals surface area contributed by atoms with Crippen LogP contribution in [0.25, 0.3) is 0 Å². The van der Waals surface area contributed by atoms with Crippen molar-refractivity contribution in [2.45, 2.75) is 6.54 Å². The Balaban J connectivity index is 2.04. The molecule has 0 aliphatic rings. The van der Waals surface area contributed by atoms with E-state index in [2.05, 4.69) is 5.32 Å². The van der Waals surface area contributed by atoms with E-state index in [4.69, 9.17) is 11.6 Å². The zero-order valence-corrected chi connectivity index (χ0v) is 10.6. The lowest BCUT2D eigenvalue weighted by atomic mass is 10.3. The van der Waals surface area contributed by atoms with Crippen LogP contribution in [0.4, 0.5) is 15.1 Å². The number of thiophene rings is 1. The standard InChI is InChI=1S/C11H8ClFN2O2S/c12-9-4-8(13)1-2-10(9)14-5-7-3-11(15(16)17)18-6-7/h1-4,6,14H,5H2. The number of nitrogens with one attached hydrogen (secondary N) is 1. The minimum absolute atomic E-state index is 0.0944. The number of hydrogen-bond acceptors (Lipinski definition) is 4. The second-order valence-electron chi connectivity index (χ2n) is 3.53. The predicted molar refractivity (Wildman–Crippen MR) is 69.7 cm³/mol. The lowest BCUT2D eigenvalue weighted by Crippen LogP contribution is -1.98. The maximum Gasteiger partial charge on any atom is 0.324 e. The molecule has 0 saturated heterocycles. The van der Waals surface area contributed by atoms with Crippen molar-refractivity contribution in [2.24, 2.45) is 0 Å². The van der Waals surface area contributed by atoms with E-state index in [-0.39, 0.29) is 10.0 Å². The molecule has 1 aromatic carbocycles. The molecule has 94 valence electrons. The Morgan fingerprint density at radius 2 is 2.22 bits per heavy atom. The van der Waals surface area contributed by atoms with Gasteiger partial charge in [0.2, 0.25) is 0 Å². The summed E-state index contributed by atoms with van der Waals surface area (Å²) < 4.78 is 12.8. The molecule has 18 heavy (non-hydrogen) atoms. The summed E-state index contributed by atoms with van der Waals surface area (Å²) in [5, 5.41) is 15.6. The molecule has 0 bridgehead atoms. The van der Waals surface area contributed by atoms with Crippen LogP contribution in [0.15, 0.2) is 29.6 Å². The highest BCUT2D eigenvalue weighted by molar-refractivity contribution is 7.13. The van der Waals surface area contributed by atoms with Gasteiger partial charge in [-0.2, -0.15) is 0 Å². The van der Waals surface area contributed by atoms with E-state index in [0.29, 0.717) is 12.2 Å².